The number of ether oxygens (including phenoxy) is 6. The summed E-state index contributed by atoms with van der Waals surface area (Å²) in [5.74, 6) is -2.12. The average molecular weight is 1360 g/mol. The summed E-state index contributed by atoms with van der Waals surface area (Å²) >= 11 is 0. The lowest BCUT2D eigenvalue weighted by molar-refractivity contribution is -0.153. The van der Waals surface area contributed by atoms with Gasteiger partial charge >= 0.3 is 39.2 Å². The van der Waals surface area contributed by atoms with Gasteiger partial charge in [0, 0.05) is 0 Å². The van der Waals surface area contributed by atoms with Crippen LogP contribution in [0.15, 0.2) is 36.9 Å². The lowest BCUT2D eigenvalue weighted by Crippen LogP contribution is -2.48. The molecule has 14 atom stereocenters. The summed E-state index contributed by atoms with van der Waals surface area (Å²) in [6.45, 7) is 12.3. The van der Waals surface area contributed by atoms with Crippen LogP contribution in [0.2, 0.25) is 0 Å². The third-order valence-corrected chi connectivity index (χ3v) is 21.5. The van der Waals surface area contributed by atoms with Crippen LogP contribution < -0.4 is 31.8 Å². The Balaban J connectivity index is 0.000000266. The molecule has 12 N–H and O–H groups in total. The number of nitrogen functional groups attached to an aromatic ring is 2. The molecule has 0 radical (unpaired) electrons. The number of anilines is 2. The van der Waals surface area contributed by atoms with Gasteiger partial charge in [-0.25, -0.2) is 39.3 Å². The first-order chi connectivity index (χ1) is 44.7. The number of nitrogens with one attached hydrogen (secondary N) is 4. The summed E-state index contributed by atoms with van der Waals surface area (Å²) in [7, 11) is -8.80. The fourth-order valence-electron chi connectivity index (χ4n) is 11.4. The molecule has 34 heteroatoms. The highest BCUT2D eigenvalue weighted by atomic mass is 31.2. The number of carbonyl (C=O) groups is 4. The van der Waals surface area contributed by atoms with E-state index in [1.54, 1.807) is 24.3 Å². The summed E-state index contributed by atoms with van der Waals surface area (Å²) < 4.78 is 76.8. The molecule has 0 aromatic carbocycles. The van der Waals surface area contributed by atoms with Gasteiger partial charge in [-0.2, -0.15) is 20.7 Å². The van der Waals surface area contributed by atoms with Gasteiger partial charge in [-0.3, -0.25) is 28.3 Å². The Hall–Kier alpha value is -6.32. The van der Waals surface area contributed by atoms with Crippen molar-refractivity contribution in [3.63, 3.8) is 0 Å². The number of fused-ring (bicyclic) bond motifs is 2. The molecule has 2 aliphatic heterocycles. The molecule has 4 aromatic rings. The summed E-state index contributed by atoms with van der Waals surface area (Å²) in [6.07, 6.45) is 4.42. The van der Waals surface area contributed by atoms with Crippen LogP contribution in [-0.2, 0) is 65.8 Å². The van der Waals surface area contributed by atoms with Gasteiger partial charge in [-0.1, -0.05) is 66.2 Å². The number of carbonyl (C=O) groups excluding carboxylic acids is 4. The maximum Gasteiger partial charge on any atom is 0.342 e. The molecule has 6 heterocycles. The maximum atomic E-state index is 14.3. The maximum absolute atomic E-state index is 14.3. The monoisotopic (exact) mass is 1360 g/mol. The lowest BCUT2D eigenvalue weighted by atomic mass is 9.96. The molecule has 4 aromatic heterocycles. The summed E-state index contributed by atoms with van der Waals surface area (Å²) in [4.78, 5) is 59.5. The zero-order chi connectivity index (χ0) is 68.7. The predicted octanol–water partition coefficient (Wildman–Crippen LogP) is 4.61. The van der Waals surface area contributed by atoms with E-state index in [-0.39, 0.29) is 60.3 Å². The van der Waals surface area contributed by atoms with E-state index < -0.39 is 124 Å². The van der Waals surface area contributed by atoms with Gasteiger partial charge in [0.15, 0.2) is 11.6 Å². The summed E-state index contributed by atoms with van der Waals surface area (Å²) in [5.41, 5.74) is 8.75. The standard InChI is InChI=1S/2C30H46N7O9P/c2*1-5-20(6-2)14-43-28(40)18(3)35-47(42,36-19(4)29(41)45-21-10-8-7-9-11-21)44-16-30(15-31)26(39)24(38)25(46-30)22-12-13-23-27(32)33-17-34-37(22)23/h2*12-13,17-21,24-26,38-39H,5-11,14,16H2,1-4H3,(H2,32,33,34)(H2,35,36,42)/t18-,19-,24-,25-,26-,30+,47+;18-,19-,24-,25-,26-,30+,47-/m00/s1. The van der Waals surface area contributed by atoms with Crippen molar-refractivity contribution in [2.45, 2.75) is 229 Å². The molecule has 2 saturated heterocycles. The Morgan fingerprint density at radius 3 is 1.23 bits per heavy atom. The lowest BCUT2D eigenvalue weighted by Gasteiger charge is -2.30. The fourth-order valence-corrected chi connectivity index (χ4v) is 15.0. The second-order valence-corrected chi connectivity index (χ2v) is 28.2. The molecular weight excluding hydrogens is 1270 g/mol. The number of nitriles is 2. The first kappa shape index (κ1) is 75.1. The second-order valence-electron chi connectivity index (χ2n) is 24.4. The van der Waals surface area contributed by atoms with Gasteiger partial charge in [0.05, 0.1) is 24.6 Å². The average Bonchev–Trinajstić information content (AvgIpc) is 1.60. The van der Waals surface area contributed by atoms with Gasteiger partial charge in [0.1, 0.15) is 122 Å². The molecule has 8 rings (SSSR count). The topological polar surface area (TPSA) is 465 Å². The molecule has 0 amide bonds. The highest BCUT2D eigenvalue weighted by molar-refractivity contribution is 7.55. The minimum Gasteiger partial charge on any atom is -0.464 e. The van der Waals surface area contributed by atoms with Gasteiger partial charge in [0.25, 0.3) is 0 Å². The normalized spacial score (nSPS) is 26.0. The SMILES string of the molecule is CCC(CC)COC(=O)[C@H](C)N[P@@](=O)(N[C@@H](C)C(=O)OC1CCCCC1)OC[C@@]1(C#N)O[C@@H](c2ccc3c(N)ncnn23)[C@H](O)[C@@H]1O.CCC(CC)COC(=O)[C@H](C)N[P@](=O)(N[C@@H](C)C(=O)OC1CCCCC1)OC[C@@]1(C#N)O[C@@H](c2ccc3c(N)ncnn23)[C@H](O)[C@@H]1O. The number of rotatable bonds is 30. The van der Waals surface area contributed by atoms with Crippen LogP contribution in [0.3, 0.4) is 0 Å². The molecule has 0 spiro atoms. The number of nitrogens with zero attached hydrogens (tertiary/aromatic N) is 8. The largest absolute Gasteiger partial charge is 0.464 e. The second kappa shape index (κ2) is 33.6. The number of nitrogens with two attached hydrogens (primary N) is 2. The smallest absolute Gasteiger partial charge is 0.342 e. The fraction of sp³-hybridized carbons (Fsp3) is 0.700. The molecule has 520 valence electrons. The number of aromatic nitrogens is 6. The molecule has 2 aliphatic carbocycles. The van der Waals surface area contributed by atoms with Crippen LogP contribution in [0, 0.1) is 34.5 Å². The Kier molecular flexibility index (Phi) is 26.8. The third kappa shape index (κ3) is 18.2. The van der Waals surface area contributed by atoms with E-state index in [0.717, 1.165) is 89.9 Å². The molecular formula is C60H92N14O18P2. The molecule has 2 saturated carbocycles. The van der Waals surface area contributed by atoms with Crippen LogP contribution in [0.5, 0.6) is 0 Å². The third-order valence-electron chi connectivity index (χ3n) is 17.6. The Morgan fingerprint density at radius 1 is 0.585 bits per heavy atom. The summed E-state index contributed by atoms with van der Waals surface area (Å²) in [6, 6.07) is 5.32. The highest BCUT2D eigenvalue weighted by Gasteiger charge is 2.59. The van der Waals surface area contributed by atoms with Crippen LogP contribution in [-0.4, -0.2) is 172 Å². The van der Waals surface area contributed by atoms with Gasteiger partial charge in [-0.05, 0) is 115 Å². The van der Waals surface area contributed by atoms with Gasteiger partial charge in [0.2, 0.25) is 11.2 Å². The van der Waals surface area contributed by atoms with Gasteiger partial charge in [-0.15, -0.1) is 0 Å². The minimum atomic E-state index is -4.40. The van der Waals surface area contributed by atoms with E-state index in [2.05, 4.69) is 40.5 Å². The van der Waals surface area contributed by atoms with Crippen molar-refractivity contribution in [1.82, 2.24) is 49.5 Å². The van der Waals surface area contributed by atoms with Crippen LogP contribution in [0.4, 0.5) is 11.6 Å². The minimum absolute atomic E-state index is 0.151. The zero-order valence-electron chi connectivity index (χ0n) is 54.4. The molecule has 4 aliphatic rings. The molecule has 32 nitrogen and oxygen atoms in total. The summed E-state index contributed by atoms with van der Waals surface area (Å²) in [5, 5.41) is 83.2. The number of aliphatic hydroxyl groups is 4. The van der Waals surface area contributed by atoms with Crippen molar-refractivity contribution < 1.29 is 86.2 Å². The molecule has 4 fully saturated rings. The van der Waals surface area contributed by atoms with Gasteiger partial charge < -0.3 is 69.4 Å². The van der Waals surface area contributed by atoms with Crippen LogP contribution in [0.1, 0.15) is 169 Å². The van der Waals surface area contributed by atoms with Crippen molar-refractivity contribution in [3.8, 4) is 12.1 Å². The Labute approximate surface area is 545 Å². The molecule has 0 unspecified atom stereocenters. The van der Waals surface area contributed by atoms with Crippen molar-refractivity contribution in [2.24, 2.45) is 11.8 Å². The molecule has 94 heavy (non-hydrogen) atoms. The molecule has 0 bridgehead atoms. The Bertz CT molecular complexity index is 3170. The van der Waals surface area contributed by atoms with Crippen LogP contribution >= 0.6 is 15.3 Å². The quantitative estimate of drug-likeness (QED) is 0.0194. The van der Waals surface area contributed by atoms with Crippen molar-refractivity contribution in [3.05, 3.63) is 48.3 Å². The van der Waals surface area contributed by atoms with E-state index in [1.807, 2.05) is 39.8 Å². The van der Waals surface area contributed by atoms with Crippen molar-refractivity contribution >= 4 is 61.9 Å². The number of aliphatic hydroxyl groups excluding tert-OH is 4. The van der Waals surface area contributed by atoms with E-state index in [0.29, 0.717) is 11.0 Å². The van der Waals surface area contributed by atoms with E-state index in [9.17, 15) is 59.3 Å². The first-order valence-electron chi connectivity index (χ1n) is 32.1. The van der Waals surface area contributed by atoms with E-state index >= 15 is 0 Å². The number of hydrogen-bond donors (Lipinski definition) is 10. The Morgan fingerprint density at radius 2 is 0.915 bits per heavy atom. The number of esters is 4. The number of hydrogen-bond acceptors (Lipinski definition) is 26. The first-order valence-corrected chi connectivity index (χ1v) is 35.4. The highest BCUT2D eigenvalue weighted by Crippen LogP contribution is 2.48. The van der Waals surface area contributed by atoms with Crippen molar-refractivity contribution in [2.75, 3.05) is 37.9 Å². The van der Waals surface area contributed by atoms with Crippen molar-refractivity contribution in [1.29, 1.82) is 10.5 Å². The zero-order valence-corrected chi connectivity index (χ0v) is 56.2. The van der Waals surface area contributed by atoms with Crippen LogP contribution in [0.25, 0.3) is 11.0 Å². The van der Waals surface area contributed by atoms with E-state index in [1.165, 1.54) is 49.4 Å². The predicted molar refractivity (Wildman–Crippen MR) is 337 cm³/mol. The van der Waals surface area contributed by atoms with E-state index in [4.69, 9.17) is 48.9 Å².